The van der Waals surface area contributed by atoms with Gasteiger partial charge in [-0.15, -0.1) is 0 Å². The minimum atomic E-state index is -1.05. The van der Waals surface area contributed by atoms with Crippen molar-refractivity contribution in [2.45, 2.75) is 6.04 Å². The minimum Gasteiger partial charge on any atom is -0.479 e. The maximum atomic E-state index is 12.7. The number of carbonyl (C=O) groups excluding carboxylic acids is 1. The van der Waals surface area contributed by atoms with Crippen LogP contribution in [-0.2, 0) is 4.79 Å². The monoisotopic (exact) mass is 279 g/mol. The molecule has 0 aliphatic carbocycles. The van der Waals surface area contributed by atoms with Gasteiger partial charge in [0.1, 0.15) is 0 Å². The number of anilines is 1. The summed E-state index contributed by atoms with van der Waals surface area (Å²) < 4.78 is 0. The van der Waals surface area contributed by atoms with Crippen molar-refractivity contribution in [3.05, 3.63) is 71.8 Å². The number of amides is 1. The molecule has 1 N–H and O–H groups in total. The summed E-state index contributed by atoms with van der Waals surface area (Å²) in [4.78, 5) is 25.5. The summed E-state index contributed by atoms with van der Waals surface area (Å²) in [6.07, 6.45) is 3.27. The lowest BCUT2D eigenvalue weighted by Gasteiger charge is -2.31. The number of carboxylic acid groups (broad SMARTS) is 1. The van der Waals surface area contributed by atoms with E-state index in [0.29, 0.717) is 11.3 Å². The fraction of sp³-hybridized carbons (Fsp3) is 0.0588. The van der Waals surface area contributed by atoms with Crippen LogP contribution in [0.3, 0.4) is 0 Å². The molecular weight excluding hydrogens is 266 g/mol. The molecule has 0 bridgehead atoms. The number of nitrogens with zero attached hydrogens (tertiary/aromatic N) is 1. The zero-order valence-electron chi connectivity index (χ0n) is 11.1. The molecule has 1 heterocycles. The fourth-order valence-electron chi connectivity index (χ4n) is 2.43. The third kappa shape index (κ3) is 2.31. The summed E-state index contributed by atoms with van der Waals surface area (Å²) in [5, 5.41) is 9.38. The summed E-state index contributed by atoms with van der Waals surface area (Å²) >= 11 is 0. The number of fused-ring (bicyclic) bond motifs is 1. The lowest BCUT2D eigenvalue weighted by Crippen LogP contribution is -2.45. The molecule has 1 aliphatic rings. The highest BCUT2D eigenvalue weighted by atomic mass is 16.4. The Morgan fingerprint density at radius 3 is 2.33 bits per heavy atom. The van der Waals surface area contributed by atoms with Crippen molar-refractivity contribution in [1.82, 2.24) is 0 Å². The largest absolute Gasteiger partial charge is 0.479 e. The van der Waals surface area contributed by atoms with Gasteiger partial charge in [-0.1, -0.05) is 42.5 Å². The van der Waals surface area contributed by atoms with E-state index in [0.717, 1.165) is 5.56 Å². The molecular formula is C17H13NO3. The summed E-state index contributed by atoms with van der Waals surface area (Å²) in [6.45, 7) is 0. The number of hydrogen-bond acceptors (Lipinski definition) is 2. The van der Waals surface area contributed by atoms with Crippen molar-refractivity contribution in [3.63, 3.8) is 0 Å². The van der Waals surface area contributed by atoms with E-state index in [4.69, 9.17) is 0 Å². The van der Waals surface area contributed by atoms with Crippen molar-refractivity contribution in [1.29, 1.82) is 0 Å². The highest BCUT2D eigenvalue weighted by Gasteiger charge is 2.33. The maximum Gasteiger partial charge on any atom is 0.330 e. The summed E-state index contributed by atoms with van der Waals surface area (Å²) in [7, 11) is 0. The lowest BCUT2D eigenvalue weighted by molar-refractivity contribution is -0.137. The number of hydrogen-bond donors (Lipinski definition) is 1. The second-order valence-corrected chi connectivity index (χ2v) is 4.74. The van der Waals surface area contributed by atoms with E-state index in [-0.39, 0.29) is 5.91 Å². The number of para-hydroxylation sites is 1. The van der Waals surface area contributed by atoms with Crippen molar-refractivity contribution < 1.29 is 14.7 Å². The number of carbonyl (C=O) groups is 2. The zero-order valence-corrected chi connectivity index (χ0v) is 11.1. The fourth-order valence-corrected chi connectivity index (χ4v) is 2.43. The van der Waals surface area contributed by atoms with Gasteiger partial charge in [-0.2, -0.15) is 0 Å². The highest BCUT2D eigenvalue weighted by Crippen LogP contribution is 2.30. The number of aliphatic carboxylic acids is 1. The van der Waals surface area contributed by atoms with E-state index in [1.165, 1.54) is 11.0 Å². The van der Waals surface area contributed by atoms with E-state index in [2.05, 4.69) is 0 Å². The summed E-state index contributed by atoms with van der Waals surface area (Å²) in [6, 6.07) is 15.0. The topological polar surface area (TPSA) is 57.6 Å². The van der Waals surface area contributed by atoms with Gasteiger partial charge in [0, 0.05) is 5.56 Å². The van der Waals surface area contributed by atoms with Gasteiger partial charge >= 0.3 is 5.97 Å². The minimum absolute atomic E-state index is 0.320. The van der Waals surface area contributed by atoms with Crippen LogP contribution in [0.1, 0.15) is 15.9 Å². The van der Waals surface area contributed by atoms with Gasteiger partial charge in [-0.05, 0) is 29.8 Å². The normalized spacial score (nSPS) is 16.4. The Kier molecular flexibility index (Phi) is 3.28. The Bertz CT molecular complexity index is 722. The highest BCUT2D eigenvalue weighted by molar-refractivity contribution is 6.11. The van der Waals surface area contributed by atoms with Gasteiger partial charge in [0.25, 0.3) is 5.91 Å². The first-order chi connectivity index (χ1) is 10.2. The molecule has 0 radical (unpaired) electrons. The van der Waals surface area contributed by atoms with Crippen LogP contribution < -0.4 is 4.90 Å². The van der Waals surface area contributed by atoms with Crippen LogP contribution in [0.15, 0.2) is 60.7 Å². The Morgan fingerprint density at radius 2 is 1.62 bits per heavy atom. The Hall–Kier alpha value is -2.88. The van der Waals surface area contributed by atoms with E-state index in [1.54, 1.807) is 42.5 Å². The Morgan fingerprint density at radius 1 is 0.952 bits per heavy atom. The van der Waals surface area contributed by atoms with Gasteiger partial charge in [0.15, 0.2) is 6.04 Å². The molecule has 0 aromatic heterocycles. The van der Waals surface area contributed by atoms with Crippen LogP contribution in [0, 0.1) is 0 Å². The van der Waals surface area contributed by atoms with Gasteiger partial charge in [0.2, 0.25) is 0 Å². The van der Waals surface area contributed by atoms with Crippen molar-refractivity contribution >= 4 is 23.6 Å². The van der Waals surface area contributed by atoms with Crippen LogP contribution in [0.4, 0.5) is 5.69 Å². The molecule has 1 amide bonds. The predicted octanol–water partition coefficient (Wildman–Crippen LogP) is 2.81. The molecule has 0 spiro atoms. The van der Waals surface area contributed by atoms with Gasteiger partial charge < -0.3 is 5.11 Å². The van der Waals surface area contributed by atoms with Crippen LogP contribution >= 0.6 is 0 Å². The second-order valence-electron chi connectivity index (χ2n) is 4.74. The van der Waals surface area contributed by atoms with Crippen LogP contribution in [0.25, 0.3) is 6.08 Å². The molecule has 2 aromatic rings. The van der Waals surface area contributed by atoms with E-state index in [9.17, 15) is 14.7 Å². The lowest BCUT2D eigenvalue weighted by atomic mass is 10.0. The molecule has 0 fully saturated rings. The zero-order chi connectivity index (χ0) is 14.8. The molecule has 1 aliphatic heterocycles. The number of rotatable bonds is 2. The van der Waals surface area contributed by atoms with Crippen LogP contribution in [0.5, 0.6) is 0 Å². The van der Waals surface area contributed by atoms with Crippen molar-refractivity contribution in [2.75, 3.05) is 4.90 Å². The van der Waals surface area contributed by atoms with Crippen LogP contribution in [0.2, 0.25) is 0 Å². The quantitative estimate of drug-likeness (QED) is 0.919. The first-order valence-corrected chi connectivity index (χ1v) is 6.57. The maximum absolute atomic E-state index is 12.7. The molecule has 0 unspecified atom stereocenters. The average Bonchev–Trinajstić information content (AvgIpc) is 2.53. The van der Waals surface area contributed by atoms with E-state index < -0.39 is 12.0 Å². The smallest absolute Gasteiger partial charge is 0.330 e. The van der Waals surface area contributed by atoms with E-state index >= 15 is 0 Å². The molecule has 21 heavy (non-hydrogen) atoms. The van der Waals surface area contributed by atoms with Gasteiger partial charge in [-0.3, -0.25) is 9.69 Å². The van der Waals surface area contributed by atoms with Gasteiger partial charge in [0.05, 0.1) is 5.69 Å². The number of benzene rings is 2. The average molecular weight is 279 g/mol. The van der Waals surface area contributed by atoms with Crippen molar-refractivity contribution in [2.24, 2.45) is 0 Å². The Labute approximate surface area is 121 Å². The standard InChI is InChI=1S/C17H13NO3/c19-16(13-7-2-1-3-8-13)18-14-9-5-4-6-12(14)10-11-15(18)17(20)21/h1-11,15H,(H,20,21)/t15-/m1/s1. The SMILES string of the molecule is O=C(O)[C@H]1C=Cc2ccccc2N1C(=O)c1ccccc1. The molecule has 3 rings (SSSR count). The van der Waals surface area contributed by atoms with Crippen LogP contribution in [-0.4, -0.2) is 23.0 Å². The van der Waals surface area contributed by atoms with E-state index in [1.807, 2.05) is 18.2 Å². The third-order valence-electron chi connectivity index (χ3n) is 3.43. The molecule has 0 saturated carbocycles. The van der Waals surface area contributed by atoms with Crippen molar-refractivity contribution in [3.8, 4) is 0 Å². The molecule has 2 aromatic carbocycles. The molecule has 1 atom stereocenters. The molecule has 4 nitrogen and oxygen atoms in total. The first-order valence-electron chi connectivity index (χ1n) is 6.57. The van der Waals surface area contributed by atoms with Gasteiger partial charge in [-0.25, -0.2) is 4.79 Å². The summed E-state index contributed by atoms with van der Waals surface area (Å²) in [5.74, 6) is -1.37. The number of carboxylic acids is 1. The molecule has 4 heteroatoms. The third-order valence-corrected chi connectivity index (χ3v) is 3.43. The first kappa shape index (κ1) is 13.1. The predicted molar refractivity (Wildman–Crippen MR) is 80.2 cm³/mol. The second kappa shape index (κ2) is 5.25. The molecule has 0 saturated heterocycles. The Balaban J connectivity index is 2.10. The summed E-state index contributed by atoms with van der Waals surface area (Å²) in [5.41, 5.74) is 1.91. The molecule has 104 valence electrons.